The van der Waals surface area contributed by atoms with E-state index in [2.05, 4.69) is 33.2 Å². The molecule has 0 radical (unpaired) electrons. The van der Waals surface area contributed by atoms with Gasteiger partial charge in [0.1, 0.15) is 5.00 Å². The molecule has 0 fully saturated rings. The van der Waals surface area contributed by atoms with Gasteiger partial charge in [-0.1, -0.05) is 6.07 Å². The van der Waals surface area contributed by atoms with Gasteiger partial charge in [0.05, 0.1) is 5.56 Å². The van der Waals surface area contributed by atoms with Crippen molar-refractivity contribution in [2.24, 2.45) is 5.73 Å². The lowest BCUT2D eigenvalue weighted by Crippen LogP contribution is -2.34. The van der Waals surface area contributed by atoms with E-state index >= 15 is 0 Å². The third-order valence-corrected chi connectivity index (χ3v) is 5.79. The lowest BCUT2D eigenvalue weighted by atomic mass is 10.1. The van der Waals surface area contributed by atoms with Gasteiger partial charge in [-0.2, -0.15) is 0 Å². The van der Waals surface area contributed by atoms with Crippen molar-refractivity contribution < 1.29 is 9.59 Å². The highest BCUT2D eigenvalue weighted by Crippen LogP contribution is 2.38. The summed E-state index contributed by atoms with van der Waals surface area (Å²) in [5.74, 6) is -0.764. The molecule has 1 aromatic heterocycles. The van der Waals surface area contributed by atoms with Crippen molar-refractivity contribution in [2.75, 3.05) is 5.32 Å². The molecule has 0 saturated carbocycles. The Morgan fingerprint density at radius 2 is 2.08 bits per heavy atom. The van der Waals surface area contributed by atoms with E-state index in [1.807, 2.05) is 12.1 Å². The molecule has 1 aliphatic carbocycles. The number of benzene rings is 1. The fourth-order valence-electron chi connectivity index (χ4n) is 2.69. The molecule has 8 heteroatoms. The molecule has 0 spiro atoms. The van der Waals surface area contributed by atoms with Crippen molar-refractivity contribution in [1.29, 1.82) is 0 Å². The van der Waals surface area contributed by atoms with Crippen LogP contribution in [0.3, 0.4) is 0 Å². The summed E-state index contributed by atoms with van der Waals surface area (Å²) >= 11 is 8.83. The number of anilines is 1. The number of nitrogens with one attached hydrogen (secondary N) is 2. The quantitative estimate of drug-likeness (QED) is 0.475. The van der Waals surface area contributed by atoms with Crippen LogP contribution >= 0.6 is 46.1 Å². The van der Waals surface area contributed by atoms with Gasteiger partial charge in [-0.05, 0) is 77.8 Å². The Bertz CT molecular complexity index is 848. The number of aryl methyl sites for hydroxylation is 1. The minimum absolute atomic E-state index is 0.154. The normalized spacial score (nSPS) is 12.5. The molecule has 2 aromatic rings. The second-order valence-electron chi connectivity index (χ2n) is 5.34. The first kappa shape index (κ1) is 17.3. The fraction of sp³-hybridized carbons (Fsp3) is 0.188. The molecule has 0 saturated heterocycles. The van der Waals surface area contributed by atoms with Crippen molar-refractivity contribution >= 4 is 68.1 Å². The molecule has 2 amide bonds. The number of amides is 2. The molecule has 1 aromatic carbocycles. The van der Waals surface area contributed by atoms with Gasteiger partial charge >= 0.3 is 0 Å². The first-order valence-electron chi connectivity index (χ1n) is 7.28. The van der Waals surface area contributed by atoms with Crippen molar-refractivity contribution in [2.45, 2.75) is 19.3 Å². The van der Waals surface area contributed by atoms with Crippen LogP contribution in [0.25, 0.3) is 0 Å². The number of hydrogen-bond donors (Lipinski definition) is 3. The molecule has 0 aliphatic heterocycles. The highest BCUT2D eigenvalue weighted by atomic mass is 127. The van der Waals surface area contributed by atoms with E-state index in [9.17, 15) is 9.59 Å². The maximum atomic E-state index is 12.2. The fourth-order valence-corrected chi connectivity index (χ4v) is 4.79. The van der Waals surface area contributed by atoms with Crippen LogP contribution in [0.1, 0.15) is 37.6 Å². The number of thiophene rings is 1. The van der Waals surface area contributed by atoms with Gasteiger partial charge in [-0.15, -0.1) is 11.3 Å². The van der Waals surface area contributed by atoms with E-state index in [0.29, 0.717) is 16.1 Å². The number of rotatable bonds is 3. The van der Waals surface area contributed by atoms with Crippen LogP contribution in [-0.4, -0.2) is 16.9 Å². The second kappa shape index (κ2) is 7.16. The highest BCUT2D eigenvalue weighted by molar-refractivity contribution is 14.1. The second-order valence-corrected chi connectivity index (χ2v) is 8.10. The number of nitrogens with two attached hydrogens (primary N) is 1. The monoisotopic (exact) mass is 471 g/mol. The number of halogens is 1. The number of fused-ring (bicyclic) bond motifs is 1. The topological polar surface area (TPSA) is 84.2 Å². The SMILES string of the molecule is NC(=O)c1c(NC(=S)NC(=O)c2cccc(I)c2)sc2c1CCC2. The zero-order chi connectivity index (χ0) is 17.3. The molecular formula is C16H14IN3O2S2. The van der Waals surface area contributed by atoms with Crippen LogP contribution < -0.4 is 16.4 Å². The van der Waals surface area contributed by atoms with Gasteiger partial charge in [0.25, 0.3) is 11.8 Å². The van der Waals surface area contributed by atoms with Gasteiger partial charge < -0.3 is 11.1 Å². The minimum atomic E-state index is -0.469. The zero-order valence-corrected chi connectivity index (χ0v) is 16.3. The summed E-state index contributed by atoms with van der Waals surface area (Å²) in [4.78, 5) is 25.2. The van der Waals surface area contributed by atoms with E-state index in [1.54, 1.807) is 12.1 Å². The maximum Gasteiger partial charge on any atom is 0.257 e. The first-order chi connectivity index (χ1) is 11.5. The number of hydrogen-bond acceptors (Lipinski definition) is 4. The van der Waals surface area contributed by atoms with Crippen LogP contribution in [-0.2, 0) is 12.8 Å². The van der Waals surface area contributed by atoms with Crippen LogP contribution in [0.15, 0.2) is 24.3 Å². The summed E-state index contributed by atoms with van der Waals surface area (Å²) in [5.41, 5.74) is 7.55. The molecule has 5 nitrogen and oxygen atoms in total. The molecule has 3 rings (SSSR count). The molecule has 4 N–H and O–H groups in total. The van der Waals surface area contributed by atoms with Crippen molar-refractivity contribution in [3.8, 4) is 0 Å². The Hall–Kier alpha value is -1.52. The molecule has 0 atom stereocenters. The third-order valence-electron chi connectivity index (χ3n) is 3.71. The van der Waals surface area contributed by atoms with Gasteiger partial charge in [0.2, 0.25) is 0 Å². The smallest absolute Gasteiger partial charge is 0.257 e. The Morgan fingerprint density at radius 1 is 1.29 bits per heavy atom. The highest BCUT2D eigenvalue weighted by Gasteiger charge is 2.25. The Morgan fingerprint density at radius 3 is 2.79 bits per heavy atom. The summed E-state index contributed by atoms with van der Waals surface area (Å²) in [5, 5.41) is 6.35. The molecule has 1 heterocycles. The third kappa shape index (κ3) is 3.60. The average Bonchev–Trinajstić information content (AvgIpc) is 3.06. The summed E-state index contributed by atoms with van der Waals surface area (Å²) in [6.07, 6.45) is 2.84. The molecule has 0 unspecified atom stereocenters. The zero-order valence-electron chi connectivity index (χ0n) is 12.5. The molecule has 24 heavy (non-hydrogen) atoms. The molecule has 1 aliphatic rings. The first-order valence-corrected chi connectivity index (χ1v) is 9.58. The van der Waals surface area contributed by atoms with Crippen LogP contribution in [0.2, 0.25) is 0 Å². The van der Waals surface area contributed by atoms with E-state index in [-0.39, 0.29) is 11.0 Å². The lowest BCUT2D eigenvalue weighted by Gasteiger charge is -2.10. The van der Waals surface area contributed by atoms with Gasteiger partial charge in [-0.25, -0.2) is 0 Å². The summed E-state index contributed by atoms with van der Waals surface area (Å²) < 4.78 is 0.963. The predicted octanol–water partition coefficient (Wildman–Crippen LogP) is 3.07. The average molecular weight is 471 g/mol. The van der Waals surface area contributed by atoms with E-state index in [4.69, 9.17) is 18.0 Å². The largest absolute Gasteiger partial charge is 0.365 e. The maximum absolute atomic E-state index is 12.2. The van der Waals surface area contributed by atoms with E-state index < -0.39 is 5.91 Å². The van der Waals surface area contributed by atoms with Gasteiger partial charge in [-0.3, -0.25) is 14.9 Å². The molecule has 0 bridgehead atoms. The Balaban J connectivity index is 1.74. The molecule has 124 valence electrons. The molecular weight excluding hydrogens is 457 g/mol. The number of carbonyl (C=O) groups is 2. The van der Waals surface area contributed by atoms with Gasteiger partial charge in [0, 0.05) is 14.0 Å². The minimum Gasteiger partial charge on any atom is -0.365 e. The Labute approximate surface area is 162 Å². The Kier molecular flexibility index (Phi) is 5.16. The van der Waals surface area contributed by atoms with E-state index in [0.717, 1.165) is 33.3 Å². The lowest BCUT2D eigenvalue weighted by molar-refractivity contribution is 0.0975. The van der Waals surface area contributed by atoms with Crippen molar-refractivity contribution in [3.63, 3.8) is 0 Å². The summed E-state index contributed by atoms with van der Waals surface area (Å²) in [6, 6.07) is 7.20. The van der Waals surface area contributed by atoms with Crippen LogP contribution in [0.4, 0.5) is 5.00 Å². The summed E-state index contributed by atoms with van der Waals surface area (Å²) in [7, 11) is 0. The standard InChI is InChI=1S/C16H14IN3O2S2/c17-9-4-1-3-8(7-9)14(22)19-16(23)20-15-12(13(18)21)10-5-2-6-11(10)24-15/h1,3-4,7H,2,5-6H2,(H2,18,21)(H2,19,20,22,23). The number of carbonyl (C=O) groups excluding carboxylic acids is 2. The number of thiocarbonyl (C=S) groups is 1. The van der Waals surface area contributed by atoms with Gasteiger partial charge in [0.15, 0.2) is 5.11 Å². The van der Waals surface area contributed by atoms with Crippen LogP contribution in [0.5, 0.6) is 0 Å². The van der Waals surface area contributed by atoms with E-state index in [1.165, 1.54) is 11.3 Å². The number of primary amides is 1. The van der Waals surface area contributed by atoms with Crippen molar-refractivity contribution in [1.82, 2.24) is 5.32 Å². The van der Waals surface area contributed by atoms with Crippen LogP contribution in [0, 0.1) is 3.57 Å². The predicted molar refractivity (Wildman–Crippen MR) is 108 cm³/mol. The summed E-state index contributed by atoms with van der Waals surface area (Å²) in [6.45, 7) is 0. The van der Waals surface area contributed by atoms with Crippen molar-refractivity contribution in [3.05, 3.63) is 49.4 Å².